The Morgan fingerprint density at radius 1 is 1.16 bits per heavy atom. The van der Waals surface area contributed by atoms with Gasteiger partial charge in [-0.25, -0.2) is 4.79 Å². The van der Waals surface area contributed by atoms with Gasteiger partial charge in [0, 0.05) is 12.8 Å². The van der Waals surface area contributed by atoms with Crippen molar-refractivity contribution in [2.45, 2.75) is 25.7 Å². The lowest BCUT2D eigenvalue weighted by Gasteiger charge is -2.12. The fraction of sp³-hybridized carbons (Fsp3) is 0.308. The molecule has 6 heteroatoms. The molecular weight excluding hydrogens is 245 g/mol. The van der Waals surface area contributed by atoms with Gasteiger partial charge in [-0.2, -0.15) is 0 Å². The number of imide groups is 1. The second-order valence-corrected chi connectivity index (χ2v) is 4.29. The number of aryl methyl sites for hydroxylation is 1. The molecule has 0 saturated carbocycles. The summed E-state index contributed by atoms with van der Waals surface area (Å²) in [5.74, 6) is -1.53. The maximum Gasteiger partial charge on any atom is 0.333 e. The average Bonchev–Trinajstić information content (AvgIpc) is 2.70. The lowest BCUT2D eigenvalue weighted by atomic mass is 9.94. The Morgan fingerprint density at radius 3 is 2.32 bits per heavy atom. The van der Waals surface area contributed by atoms with Crippen LogP contribution in [0.25, 0.3) is 0 Å². The zero-order valence-electron chi connectivity index (χ0n) is 10.3. The van der Waals surface area contributed by atoms with Crippen molar-refractivity contribution in [3.05, 3.63) is 29.8 Å². The molecule has 1 fully saturated rings. The van der Waals surface area contributed by atoms with Gasteiger partial charge in [0.2, 0.25) is 0 Å². The molecule has 0 N–H and O–H groups in total. The monoisotopic (exact) mass is 257 g/mol. The van der Waals surface area contributed by atoms with Crippen molar-refractivity contribution < 1.29 is 19.2 Å². The van der Waals surface area contributed by atoms with Crippen molar-refractivity contribution in [3.8, 4) is 0 Å². The maximum atomic E-state index is 11.5. The molecule has 0 bridgehead atoms. The number of nitrogens with zero attached hydrogens (tertiary/aromatic N) is 1. The number of hydrogen-bond donors (Lipinski definition) is 0. The number of carbonyl (C=O) groups is 3. The van der Waals surface area contributed by atoms with Gasteiger partial charge in [0.1, 0.15) is 7.85 Å². The molecule has 0 spiro atoms. The topological polar surface area (TPSA) is 63.7 Å². The Bertz CT molecular complexity index is 496. The fourth-order valence-electron chi connectivity index (χ4n) is 1.74. The minimum atomic E-state index is -0.597. The molecule has 2 radical (unpaired) electrons. The molecule has 1 heterocycles. The number of hydroxylamine groups is 2. The fourth-order valence-corrected chi connectivity index (χ4v) is 1.74. The lowest BCUT2D eigenvalue weighted by molar-refractivity contribution is -0.197. The molecule has 1 aromatic carbocycles. The number of carbonyl (C=O) groups excluding carboxylic acids is 3. The largest absolute Gasteiger partial charge is 0.333 e. The van der Waals surface area contributed by atoms with E-state index in [1.807, 2.05) is 12.1 Å². The molecule has 2 amide bonds. The van der Waals surface area contributed by atoms with Crippen LogP contribution in [0.15, 0.2) is 24.3 Å². The van der Waals surface area contributed by atoms with Crippen molar-refractivity contribution >= 4 is 31.1 Å². The number of benzene rings is 1. The van der Waals surface area contributed by atoms with Gasteiger partial charge in [0.25, 0.3) is 11.8 Å². The van der Waals surface area contributed by atoms with Gasteiger partial charge in [-0.3, -0.25) is 9.59 Å². The molecule has 19 heavy (non-hydrogen) atoms. The predicted molar refractivity (Wildman–Crippen MR) is 67.3 cm³/mol. The standard InChI is InChI=1S/C13H12BNO4/c14-10-4-1-9(2-5-10)3-8-13(18)19-15-11(16)6-7-12(15)17/h1-2,4-5H,3,6-8H2. The van der Waals surface area contributed by atoms with E-state index in [0.29, 0.717) is 16.9 Å². The van der Waals surface area contributed by atoms with Crippen molar-refractivity contribution in [1.29, 1.82) is 0 Å². The summed E-state index contributed by atoms with van der Waals surface area (Å²) >= 11 is 0. The Labute approximate surface area is 111 Å². The van der Waals surface area contributed by atoms with E-state index in [2.05, 4.69) is 0 Å². The lowest BCUT2D eigenvalue weighted by Crippen LogP contribution is -2.32. The highest BCUT2D eigenvalue weighted by Crippen LogP contribution is 2.13. The van der Waals surface area contributed by atoms with Gasteiger partial charge in [-0.05, 0) is 12.0 Å². The van der Waals surface area contributed by atoms with E-state index in [9.17, 15) is 14.4 Å². The van der Waals surface area contributed by atoms with Crippen LogP contribution in [-0.2, 0) is 25.6 Å². The summed E-state index contributed by atoms with van der Waals surface area (Å²) in [5.41, 5.74) is 1.59. The van der Waals surface area contributed by atoms with Crippen LogP contribution in [0.1, 0.15) is 24.8 Å². The highest BCUT2D eigenvalue weighted by molar-refractivity contribution is 6.32. The first-order valence-electron chi connectivity index (χ1n) is 5.97. The summed E-state index contributed by atoms with van der Waals surface area (Å²) < 4.78 is 0. The third-order valence-electron chi connectivity index (χ3n) is 2.80. The van der Waals surface area contributed by atoms with E-state index in [4.69, 9.17) is 12.7 Å². The summed E-state index contributed by atoms with van der Waals surface area (Å²) in [7, 11) is 5.55. The van der Waals surface area contributed by atoms with Crippen LogP contribution < -0.4 is 5.46 Å². The van der Waals surface area contributed by atoms with Crippen molar-refractivity contribution in [2.75, 3.05) is 0 Å². The summed E-state index contributed by atoms with van der Waals surface area (Å²) in [6.45, 7) is 0. The highest BCUT2D eigenvalue weighted by Gasteiger charge is 2.32. The molecule has 1 aliphatic heterocycles. The van der Waals surface area contributed by atoms with Crippen molar-refractivity contribution in [1.82, 2.24) is 5.06 Å². The summed E-state index contributed by atoms with van der Waals surface area (Å²) in [5, 5.41) is 0.561. The van der Waals surface area contributed by atoms with Crippen molar-refractivity contribution in [2.24, 2.45) is 0 Å². The first kappa shape index (κ1) is 13.3. The highest BCUT2D eigenvalue weighted by atomic mass is 16.7. The van der Waals surface area contributed by atoms with Gasteiger partial charge in [-0.1, -0.05) is 29.7 Å². The Morgan fingerprint density at radius 2 is 1.74 bits per heavy atom. The molecule has 2 rings (SSSR count). The Balaban J connectivity index is 1.83. The predicted octanol–water partition coefficient (Wildman–Crippen LogP) is 0.0202. The van der Waals surface area contributed by atoms with E-state index in [-0.39, 0.29) is 19.3 Å². The van der Waals surface area contributed by atoms with Crippen LogP contribution >= 0.6 is 0 Å². The summed E-state index contributed by atoms with van der Waals surface area (Å²) in [4.78, 5) is 38.8. The zero-order chi connectivity index (χ0) is 13.8. The van der Waals surface area contributed by atoms with Gasteiger partial charge >= 0.3 is 5.97 Å². The second-order valence-electron chi connectivity index (χ2n) is 4.29. The van der Waals surface area contributed by atoms with Crippen LogP contribution in [0.5, 0.6) is 0 Å². The maximum absolute atomic E-state index is 11.5. The number of hydrogen-bond acceptors (Lipinski definition) is 4. The minimum Gasteiger partial charge on any atom is -0.330 e. The molecule has 1 aliphatic rings. The molecule has 1 saturated heterocycles. The van der Waals surface area contributed by atoms with Crippen molar-refractivity contribution in [3.63, 3.8) is 0 Å². The van der Waals surface area contributed by atoms with Gasteiger partial charge in [0.15, 0.2) is 0 Å². The second kappa shape index (κ2) is 5.69. The van der Waals surface area contributed by atoms with Crippen LogP contribution in [0.3, 0.4) is 0 Å². The molecule has 0 unspecified atom stereocenters. The number of amides is 2. The number of rotatable bonds is 4. The van der Waals surface area contributed by atoms with E-state index in [1.165, 1.54) is 0 Å². The average molecular weight is 257 g/mol. The minimum absolute atomic E-state index is 0.0982. The quantitative estimate of drug-likeness (QED) is 0.563. The zero-order valence-corrected chi connectivity index (χ0v) is 10.3. The van der Waals surface area contributed by atoms with Crippen LogP contribution in [0, 0.1) is 0 Å². The smallest absolute Gasteiger partial charge is 0.330 e. The summed E-state index contributed by atoms with van der Waals surface area (Å²) in [6.07, 6.45) is 0.768. The normalized spacial score (nSPS) is 14.8. The molecule has 0 aromatic heterocycles. The first-order valence-corrected chi connectivity index (χ1v) is 5.97. The molecule has 0 atom stereocenters. The Kier molecular flexibility index (Phi) is 3.99. The first-order chi connectivity index (χ1) is 9.06. The third-order valence-corrected chi connectivity index (χ3v) is 2.80. The molecule has 96 valence electrons. The van der Waals surface area contributed by atoms with Crippen LogP contribution in [0.2, 0.25) is 0 Å². The van der Waals surface area contributed by atoms with Gasteiger partial charge in [-0.15, -0.1) is 5.06 Å². The van der Waals surface area contributed by atoms with Gasteiger partial charge in [0.05, 0.1) is 6.42 Å². The molecule has 5 nitrogen and oxygen atoms in total. The van der Waals surface area contributed by atoms with E-state index in [0.717, 1.165) is 5.56 Å². The van der Waals surface area contributed by atoms with E-state index in [1.54, 1.807) is 12.1 Å². The summed E-state index contributed by atoms with van der Waals surface area (Å²) in [6, 6.07) is 7.12. The van der Waals surface area contributed by atoms with E-state index < -0.39 is 17.8 Å². The SMILES string of the molecule is [B]c1ccc(CCC(=O)ON2C(=O)CCC2=O)cc1. The van der Waals surface area contributed by atoms with E-state index >= 15 is 0 Å². The molecule has 0 aliphatic carbocycles. The third kappa shape index (κ3) is 3.43. The Hall–Kier alpha value is -2.11. The van der Waals surface area contributed by atoms with Gasteiger partial charge < -0.3 is 4.84 Å². The molecular formula is C13H12BNO4. The van der Waals surface area contributed by atoms with Crippen LogP contribution in [0.4, 0.5) is 0 Å². The van der Waals surface area contributed by atoms with Crippen LogP contribution in [-0.4, -0.2) is 30.7 Å². The molecule has 1 aromatic rings.